The number of carbonyl (C=O) groups is 2. The van der Waals surface area contributed by atoms with Crippen LogP contribution in [0.5, 0.6) is 0 Å². The fourth-order valence-electron chi connectivity index (χ4n) is 5.47. The molecule has 5 nitrogen and oxygen atoms in total. The molecule has 2 saturated heterocycles. The molecule has 1 aliphatic carbocycles. The summed E-state index contributed by atoms with van der Waals surface area (Å²) in [4.78, 5) is 32.8. The topological polar surface area (TPSA) is 43.9 Å². The molecule has 1 unspecified atom stereocenters. The van der Waals surface area contributed by atoms with E-state index in [4.69, 9.17) is 0 Å². The lowest BCUT2D eigenvalue weighted by Crippen LogP contribution is -2.48. The summed E-state index contributed by atoms with van der Waals surface area (Å²) in [6.45, 7) is 5.49. The molecule has 4 rings (SSSR count). The summed E-state index contributed by atoms with van der Waals surface area (Å²) in [5.41, 5.74) is 0.945. The maximum absolute atomic E-state index is 13.7. The Kier molecular flexibility index (Phi) is 7.42. The Labute approximate surface area is 181 Å². The molecule has 0 aromatic heterocycles. The van der Waals surface area contributed by atoms with E-state index >= 15 is 0 Å². The Hall–Kier alpha value is -1.88. The van der Waals surface area contributed by atoms with Crippen molar-refractivity contribution in [2.45, 2.75) is 63.8 Å². The summed E-state index contributed by atoms with van der Waals surface area (Å²) < 4.78 is 0. The summed E-state index contributed by atoms with van der Waals surface area (Å²) in [6.07, 6.45) is 10.4. The highest BCUT2D eigenvalue weighted by atomic mass is 16.2. The molecule has 5 heteroatoms. The monoisotopic (exact) mass is 411 g/mol. The molecule has 0 radical (unpaired) electrons. The molecular weight excluding hydrogens is 374 g/mol. The maximum Gasteiger partial charge on any atom is 0.250 e. The molecular formula is C25H37N3O2. The average molecular weight is 412 g/mol. The maximum atomic E-state index is 13.7. The lowest BCUT2D eigenvalue weighted by atomic mass is 9.89. The molecule has 0 bridgehead atoms. The molecule has 1 aromatic rings. The molecule has 164 valence electrons. The molecule has 3 fully saturated rings. The summed E-state index contributed by atoms with van der Waals surface area (Å²) in [7, 11) is 0. The molecule has 30 heavy (non-hydrogen) atoms. The number of carbonyl (C=O) groups excluding carboxylic acids is 2. The van der Waals surface area contributed by atoms with E-state index in [0.29, 0.717) is 13.0 Å². The van der Waals surface area contributed by atoms with Gasteiger partial charge in [-0.05, 0) is 50.1 Å². The van der Waals surface area contributed by atoms with Crippen molar-refractivity contribution in [3.05, 3.63) is 35.9 Å². The predicted molar refractivity (Wildman–Crippen MR) is 119 cm³/mol. The number of rotatable bonds is 5. The second-order valence-electron chi connectivity index (χ2n) is 9.34. The van der Waals surface area contributed by atoms with E-state index in [9.17, 15) is 9.59 Å². The molecule has 0 N–H and O–H groups in total. The van der Waals surface area contributed by atoms with Gasteiger partial charge in [-0.1, -0.05) is 49.6 Å². The van der Waals surface area contributed by atoms with Crippen LogP contribution in [0.2, 0.25) is 0 Å². The quantitative estimate of drug-likeness (QED) is 0.739. The Morgan fingerprint density at radius 2 is 1.67 bits per heavy atom. The van der Waals surface area contributed by atoms with Crippen LogP contribution in [0, 0.1) is 5.92 Å². The first-order valence-electron chi connectivity index (χ1n) is 12.1. The van der Waals surface area contributed by atoms with Crippen molar-refractivity contribution in [1.29, 1.82) is 0 Å². The average Bonchev–Trinajstić information content (AvgIpc) is 3.02. The van der Waals surface area contributed by atoms with Gasteiger partial charge in [-0.25, -0.2) is 0 Å². The minimum absolute atomic E-state index is 0.107. The first kappa shape index (κ1) is 21.4. The van der Waals surface area contributed by atoms with Crippen LogP contribution in [0.3, 0.4) is 0 Å². The standard InChI is InChI=1S/C25H37N3O2/c29-23-14-7-8-17-28(23)24(22-12-5-2-6-13-22)25(30)27-16-9-15-26(18-19-27)20-21-10-3-1-4-11-21/h2,5-6,12-13,21,24H,1,3-4,7-11,14-20H2. The van der Waals surface area contributed by atoms with Crippen LogP contribution >= 0.6 is 0 Å². The number of hydrogen-bond acceptors (Lipinski definition) is 3. The van der Waals surface area contributed by atoms with Crippen LogP contribution in [-0.4, -0.2) is 65.8 Å². The van der Waals surface area contributed by atoms with Gasteiger partial charge in [0.1, 0.15) is 6.04 Å². The number of piperidine rings is 1. The fraction of sp³-hybridized carbons (Fsp3) is 0.680. The van der Waals surface area contributed by atoms with Gasteiger partial charge in [0.15, 0.2) is 0 Å². The van der Waals surface area contributed by atoms with E-state index < -0.39 is 6.04 Å². The zero-order valence-corrected chi connectivity index (χ0v) is 18.3. The molecule has 2 amide bonds. The van der Waals surface area contributed by atoms with Gasteiger partial charge in [0.25, 0.3) is 0 Å². The number of nitrogens with zero attached hydrogens (tertiary/aromatic N) is 3. The molecule has 0 spiro atoms. The number of likely N-dealkylation sites (tertiary alicyclic amines) is 1. The van der Waals surface area contributed by atoms with E-state index in [-0.39, 0.29) is 11.8 Å². The summed E-state index contributed by atoms with van der Waals surface area (Å²) in [6, 6.07) is 9.44. The van der Waals surface area contributed by atoms with Crippen molar-refractivity contribution in [2.75, 3.05) is 39.3 Å². The Morgan fingerprint density at radius 3 is 2.43 bits per heavy atom. The van der Waals surface area contributed by atoms with E-state index in [2.05, 4.69) is 4.90 Å². The SMILES string of the molecule is O=C(C(c1ccccc1)N1CCCCC1=O)N1CCCN(CC2CCCCC2)CC1. The van der Waals surface area contributed by atoms with Crippen LogP contribution in [0.1, 0.15) is 69.4 Å². The van der Waals surface area contributed by atoms with Gasteiger partial charge in [0, 0.05) is 39.1 Å². The second-order valence-corrected chi connectivity index (χ2v) is 9.34. The van der Waals surface area contributed by atoms with Crippen LogP contribution in [0.15, 0.2) is 30.3 Å². The second kappa shape index (κ2) is 10.4. The zero-order valence-electron chi connectivity index (χ0n) is 18.3. The van der Waals surface area contributed by atoms with Gasteiger partial charge >= 0.3 is 0 Å². The molecule has 2 aliphatic heterocycles. The zero-order chi connectivity index (χ0) is 20.8. The van der Waals surface area contributed by atoms with E-state index in [1.807, 2.05) is 40.1 Å². The van der Waals surface area contributed by atoms with Crippen LogP contribution in [-0.2, 0) is 9.59 Å². The summed E-state index contributed by atoms with van der Waals surface area (Å²) >= 11 is 0. The predicted octanol–water partition coefficient (Wildman–Crippen LogP) is 3.85. The van der Waals surface area contributed by atoms with Gasteiger partial charge in [0.05, 0.1) is 0 Å². The van der Waals surface area contributed by atoms with Crippen molar-refractivity contribution in [3.63, 3.8) is 0 Å². The van der Waals surface area contributed by atoms with Crippen LogP contribution in [0.4, 0.5) is 0 Å². The summed E-state index contributed by atoms with van der Waals surface area (Å²) in [5.74, 6) is 1.07. The minimum atomic E-state index is -0.469. The van der Waals surface area contributed by atoms with Gasteiger partial charge in [-0.3, -0.25) is 9.59 Å². The molecule has 1 atom stereocenters. The van der Waals surface area contributed by atoms with Crippen molar-refractivity contribution < 1.29 is 9.59 Å². The van der Waals surface area contributed by atoms with Crippen molar-refractivity contribution >= 4 is 11.8 Å². The third kappa shape index (κ3) is 5.23. The van der Waals surface area contributed by atoms with Crippen LogP contribution < -0.4 is 0 Å². The van der Waals surface area contributed by atoms with Crippen molar-refractivity contribution in [1.82, 2.24) is 14.7 Å². The fourth-order valence-corrected chi connectivity index (χ4v) is 5.47. The van der Waals surface area contributed by atoms with Crippen molar-refractivity contribution in [3.8, 4) is 0 Å². The lowest BCUT2D eigenvalue weighted by Gasteiger charge is -2.37. The Bertz CT molecular complexity index is 702. The third-order valence-electron chi connectivity index (χ3n) is 7.16. The first-order chi connectivity index (χ1) is 14.7. The highest BCUT2D eigenvalue weighted by Gasteiger charge is 2.35. The lowest BCUT2D eigenvalue weighted by molar-refractivity contribution is -0.147. The third-order valence-corrected chi connectivity index (χ3v) is 7.16. The molecule has 2 heterocycles. The van der Waals surface area contributed by atoms with Gasteiger partial charge in [-0.15, -0.1) is 0 Å². The molecule has 1 aromatic carbocycles. The normalized spacial score (nSPS) is 23.3. The highest BCUT2D eigenvalue weighted by molar-refractivity contribution is 5.89. The Balaban J connectivity index is 1.44. The van der Waals surface area contributed by atoms with E-state index in [1.54, 1.807) is 0 Å². The minimum Gasteiger partial charge on any atom is -0.339 e. The first-order valence-corrected chi connectivity index (χ1v) is 12.1. The Morgan fingerprint density at radius 1 is 0.867 bits per heavy atom. The van der Waals surface area contributed by atoms with Gasteiger partial charge < -0.3 is 14.7 Å². The number of amides is 2. The largest absolute Gasteiger partial charge is 0.339 e. The number of benzene rings is 1. The highest BCUT2D eigenvalue weighted by Crippen LogP contribution is 2.29. The molecule has 3 aliphatic rings. The van der Waals surface area contributed by atoms with Crippen LogP contribution in [0.25, 0.3) is 0 Å². The van der Waals surface area contributed by atoms with Crippen molar-refractivity contribution in [2.24, 2.45) is 5.92 Å². The number of hydrogen-bond donors (Lipinski definition) is 0. The van der Waals surface area contributed by atoms with E-state index in [1.165, 1.54) is 38.6 Å². The van der Waals surface area contributed by atoms with Gasteiger partial charge in [0.2, 0.25) is 11.8 Å². The van der Waals surface area contributed by atoms with Gasteiger partial charge in [-0.2, -0.15) is 0 Å². The summed E-state index contributed by atoms with van der Waals surface area (Å²) in [5, 5.41) is 0. The smallest absolute Gasteiger partial charge is 0.250 e. The van der Waals surface area contributed by atoms with E-state index in [0.717, 1.165) is 56.9 Å². The molecule has 1 saturated carbocycles.